The van der Waals surface area contributed by atoms with Gasteiger partial charge < -0.3 is 19.7 Å². The number of hydrogen-bond acceptors (Lipinski definition) is 7. The van der Waals surface area contributed by atoms with E-state index in [1.54, 1.807) is 68.2 Å². The zero-order chi connectivity index (χ0) is 29.3. The first-order valence-electron chi connectivity index (χ1n) is 13.6. The predicted octanol–water partition coefficient (Wildman–Crippen LogP) is 4.82. The van der Waals surface area contributed by atoms with Crippen molar-refractivity contribution in [1.82, 2.24) is 19.7 Å². The van der Waals surface area contributed by atoms with Gasteiger partial charge in [0.15, 0.2) is 6.17 Å². The summed E-state index contributed by atoms with van der Waals surface area (Å²) in [6.45, 7) is 5.43. The van der Waals surface area contributed by atoms with Crippen LogP contribution in [0.5, 0.6) is 5.75 Å². The number of benzene rings is 1. The first kappa shape index (κ1) is 28.1. The second-order valence-corrected chi connectivity index (χ2v) is 11.5. The summed E-state index contributed by atoms with van der Waals surface area (Å²) in [6.07, 6.45) is 3.56. The van der Waals surface area contributed by atoms with Crippen LogP contribution in [0.1, 0.15) is 50.7 Å². The fourth-order valence-corrected chi connectivity index (χ4v) is 4.95. The summed E-state index contributed by atoms with van der Waals surface area (Å²) in [5, 5.41) is 16.9. The summed E-state index contributed by atoms with van der Waals surface area (Å²) in [5.41, 5.74) is 2.12. The van der Waals surface area contributed by atoms with E-state index in [1.165, 1.54) is 4.90 Å². The van der Waals surface area contributed by atoms with Crippen LogP contribution in [-0.4, -0.2) is 62.6 Å². The van der Waals surface area contributed by atoms with Crippen molar-refractivity contribution in [2.24, 2.45) is 13.0 Å². The van der Waals surface area contributed by atoms with Gasteiger partial charge in [-0.3, -0.25) is 9.48 Å². The Morgan fingerprint density at radius 2 is 1.98 bits per heavy atom. The topological polar surface area (TPSA) is 122 Å². The van der Waals surface area contributed by atoms with Gasteiger partial charge in [-0.15, -0.1) is 0 Å². The number of nitrogens with zero attached hydrogens (tertiary/aromatic N) is 5. The third-order valence-corrected chi connectivity index (χ3v) is 7.14. The Morgan fingerprint density at radius 1 is 1.20 bits per heavy atom. The van der Waals surface area contributed by atoms with Crippen molar-refractivity contribution in [3.05, 3.63) is 60.0 Å². The maximum atomic E-state index is 15.0. The summed E-state index contributed by atoms with van der Waals surface area (Å²) in [5.74, 6) is 0.628. The van der Waals surface area contributed by atoms with E-state index in [0.29, 0.717) is 5.82 Å². The lowest BCUT2D eigenvalue weighted by molar-refractivity contribution is -0.117. The molecule has 5 rings (SSSR count). The minimum absolute atomic E-state index is 0.0940. The van der Waals surface area contributed by atoms with Crippen molar-refractivity contribution < 1.29 is 23.5 Å². The number of alkyl halides is 1. The highest BCUT2D eigenvalue weighted by Crippen LogP contribution is 2.47. The number of carbonyl (C=O) groups excluding carboxylic acids is 2. The normalized spacial score (nSPS) is 22.0. The number of likely N-dealkylation sites (tertiary alicyclic amines) is 1. The number of aromatic nitrogens is 3. The minimum Gasteiger partial charge on any atom is -0.486 e. The monoisotopic (exact) mass is 560 g/mol. The third kappa shape index (κ3) is 6.65. The zero-order valence-electron chi connectivity index (χ0n) is 23.5. The minimum atomic E-state index is -1.43. The lowest BCUT2D eigenvalue weighted by Gasteiger charge is -2.35. The molecule has 4 atom stereocenters. The largest absolute Gasteiger partial charge is 0.486 e. The molecule has 2 aliphatic rings. The van der Waals surface area contributed by atoms with E-state index in [4.69, 9.17) is 9.47 Å². The molecular weight excluding hydrogens is 527 g/mol. The first-order valence-corrected chi connectivity index (χ1v) is 13.6. The van der Waals surface area contributed by atoms with E-state index >= 15 is 0 Å². The van der Waals surface area contributed by atoms with Gasteiger partial charge in [-0.1, -0.05) is 6.07 Å². The van der Waals surface area contributed by atoms with Crippen LogP contribution in [0, 0.1) is 17.2 Å². The number of halogens is 1. The first-order chi connectivity index (χ1) is 19.5. The highest BCUT2D eigenvalue weighted by Gasteiger charge is 2.44. The van der Waals surface area contributed by atoms with Crippen LogP contribution in [0.2, 0.25) is 0 Å². The van der Waals surface area contributed by atoms with Crippen molar-refractivity contribution in [3.8, 4) is 22.9 Å². The van der Waals surface area contributed by atoms with Crippen LogP contribution < -0.4 is 10.1 Å². The van der Waals surface area contributed by atoms with Gasteiger partial charge >= 0.3 is 6.09 Å². The number of nitrogens with one attached hydrogen (secondary N) is 1. The molecule has 3 heterocycles. The van der Waals surface area contributed by atoms with Crippen LogP contribution in [0.3, 0.4) is 0 Å². The molecule has 2 unspecified atom stereocenters. The summed E-state index contributed by atoms with van der Waals surface area (Å²) in [7, 11) is 1.85. The molecule has 1 aromatic carbocycles. The van der Waals surface area contributed by atoms with Crippen LogP contribution >= 0.6 is 0 Å². The molecular formula is C30H33FN6O4. The Balaban J connectivity index is 1.22. The summed E-state index contributed by atoms with van der Waals surface area (Å²) >= 11 is 0. The quantitative estimate of drug-likeness (QED) is 0.459. The molecule has 0 bridgehead atoms. The molecule has 1 saturated heterocycles. The fourth-order valence-electron chi connectivity index (χ4n) is 4.95. The van der Waals surface area contributed by atoms with Crippen molar-refractivity contribution in [3.63, 3.8) is 0 Å². The average molecular weight is 561 g/mol. The molecule has 1 aliphatic heterocycles. The molecule has 11 heteroatoms. The van der Waals surface area contributed by atoms with E-state index in [2.05, 4.69) is 21.5 Å². The van der Waals surface area contributed by atoms with Gasteiger partial charge in [0.2, 0.25) is 5.91 Å². The van der Waals surface area contributed by atoms with Gasteiger partial charge in [-0.25, -0.2) is 14.2 Å². The maximum absolute atomic E-state index is 15.0. The molecule has 2 amide bonds. The summed E-state index contributed by atoms with van der Waals surface area (Å²) < 4.78 is 28.0. The lowest BCUT2D eigenvalue weighted by atomic mass is 10.0. The van der Waals surface area contributed by atoms with Crippen LogP contribution in [0.4, 0.5) is 15.0 Å². The van der Waals surface area contributed by atoms with E-state index in [-0.39, 0.29) is 48.6 Å². The number of amides is 2. The highest BCUT2D eigenvalue weighted by atomic mass is 19.1. The molecule has 1 aliphatic carbocycles. The van der Waals surface area contributed by atoms with E-state index < -0.39 is 24.0 Å². The molecule has 10 nitrogen and oxygen atoms in total. The van der Waals surface area contributed by atoms with E-state index in [1.807, 2.05) is 13.2 Å². The third-order valence-electron chi connectivity index (χ3n) is 7.14. The Labute approximate surface area is 238 Å². The zero-order valence-corrected chi connectivity index (χ0v) is 23.5. The molecule has 0 spiro atoms. The predicted molar refractivity (Wildman–Crippen MR) is 149 cm³/mol. The van der Waals surface area contributed by atoms with Gasteiger partial charge in [0.05, 0.1) is 18.3 Å². The van der Waals surface area contributed by atoms with Gasteiger partial charge in [0.1, 0.15) is 29.3 Å². The standard InChI is InChI=1S/C30H33FN6O4/c1-30(2,3)41-29(39)37-10-8-26(24(31)17-37)40-25-6-5-18(11-20(25)14-32)19-7-9-33-27(12-19)35-28(38)23-13-22(23)21-15-34-36(4)16-21/h5-7,9,11-12,15-16,22-24,26H,8,10,13,17H2,1-4H3,(H,33,35,38)/t22?,23?,24-,26+/m1/s1. The van der Waals surface area contributed by atoms with Crippen LogP contribution in [0.15, 0.2) is 48.9 Å². The Kier molecular flexibility index (Phi) is 7.67. The molecule has 214 valence electrons. The van der Waals surface area contributed by atoms with Crippen LogP contribution in [-0.2, 0) is 16.6 Å². The van der Waals surface area contributed by atoms with Gasteiger partial charge in [0.25, 0.3) is 0 Å². The van der Waals surface area contributed by atoms with Gasteiger partial charge in [0, 0.05) is 38.3 Å². The number of piperidine rings is 1. The van der Waals surface area contributed by atoms with Crippen LogP contribution in [0.25, 0.3) is 11.1 Å². The molecule has 3 aromatic rings. The molecule has 0 radical (unpaired) electrons. The van der Waals surface area contributed by atoms with Gasteiger partial charge in [-0.2, -0.15) is 10.4 Å². The second kappa shape index (κ2) is 11.2. The molecule has 2 fully saturated rings. The number of carbonyl (C=O) groups is 2. The second-order valence-electron chi connectivity index (χ2n) is 11.5. The SMILES string of the molecule is Cn1cc(C2CC2C(=O)Nc2cc(-c3ccc(O[C@H]4CCN(C(=O)OC(C)(C)C)C[C@H]4F)c(C#N)c3)ccn2)cn1. The number of anilines is 1. The van der Waals surface area contributed by atoms with Crippen molar-refractivity contribution in [1.29, 1.82) is 5.26 Å². The van der Waals surface area contributed by atoms with Crippen molar-refractivity contribution in [2.45, 2.75) is 57.4 Å². The number of nitriles is 1. The number of pyridine rings is 1. The Morgan fingerprint density at radius 3 is 2.66 bits per heavy atom. The highest BCUT2D eigenvalue weighted by molar-refractivity contribution is 5.95. The number of rotatable bonds is 6. The average Bonchev–Trinajstić information content (AvgIpc) is 3.62. The molecule has 1 saturated carbocycles. The summed E-state index contributed by atoms with van der Waals surface area (Å²) in [4.78, 5) is 30.7. The van der Waals surface area contributed by atoms with E-state index in [0.717, 1.165) is 23.1 Å². The molecule has 1 N–H and O–H groups in total. The number of ether oxygens (including phenoxy) is 2. The van der Waals surface area contributed by atoms with Gasteiger partial charge in [-0.05, 0) is 74.1 Å². The molecule has 41 heavy (non-hydrogen) atoms. The Bertz CT molecular complexity index is 1490. The lowest BCUT2D eigenvalue weighted by Crippen LogP contribution is -2.50. The van der Waals surface area contributed by atoms with Crippen molar-refractivity contribution in [2.75, 3.05) is 18.4 Å². The maximum Gasteiger partial charge on any atom is 0.410 e. The fraction of sp³-hybridized carbons (Fsp3) is 0.433. The number of hydrogen-bond donors (Lipinski definition) is 1. The van der Waals surface area contributed by atoms with Crippen molar-refractivity contribution >= 4 is 17.8 Å². The smallest absolute Gasteiger partial charge is 0.410 e. The van der Waals surface area contributed by atoms with E-state index in [9.17, 15) is 19.2 Å². The summed E-state index contributed by atoms with van der Waals surface area (Å²) in [6, 6.07) is 10.7. The molecule has 2 aromatic heterocycles. The number of aryl methyl sites for hydroxylation is 1. The Hall–Kier alpha value is -4.46.